The van der Waals surface area contributed by atoms with Gasteiger partial charge in [0.1, 0.15) is 0 Å². The van der Waals surface area contributed by atoms with Gasteiger partial charge in [0.25, 0.3) is 0 Å². The fraction of sp³-hybridized carbons (Fsp3) is 1.00. The molecule has 1 saturated heterocycles. The third kappa shape index (κ3) is 3.96. The molecule has 1 N–H and O–H groups in total. The first kappa shape index (κ1) is 14.3. The maximum Gasteiger partial charge on any atom is 0.0107 e. The number of nitrogens with one attached hydrogen (secondary N) is 1. The van der Waals surface area contributed by atoms with Gasteiger partial charge in [-0.2, -0.15) is 0 Å². The first-order valence-corrected chi connectivity index (χ1v) is 8.29. The highest BCUT2D eigenvalue weighted by atomic mass is 15.2. The number of hydrogen-bond donors (Lipinski definition) is 1. The Labute approximate surface area is 114 Å². The number of nitrogens with zero attached hydrogens (tertiary/aromatic N) is 1. The quantitative estimate of drug-likeness (QED) is 0.780. The molecule has 2 fully saturated rings. The summed E-state index contributed by atoms with van der Waals surface area (Å²) in [5.41, 5.74) is 0. The first-order valence-electron chi connectivity index (χ1n) is 8.29. The lowest BCUT2D eigenvalue weighted by Gasteiger charge is -2.35. The van der Waals surface area contributed by atoms with E-state index in [0.29, 0.717) is 0 Å². The van der Waals surface area contributed by atoms with Crippen LogP contribution in [-0.2, 0) is 0 Å². The van der Waals surface area contributed by atoms with Crippen LogP contribution in [0.5, 0.6) is 0 Å². The average molecular weight is 252 g/mol. The molecule has 1 heterocycles. The van der Waals surface area contributed by atoms with Crippen LogP contribution in [0.25, 0.3) is 0 Å². The number of hydrogen-bond acceptors (Lipinski definition) is 2. The zero-order valence-corrected chi connectivity index (χ0v) is 12.5. The van der Waals surface area contributed by atoms with E-state index < -0.39 is 0 Å². The Kier molecular flexibility index (Phi) is 5.97. The van der Waals surface area contributed by atoms with Crippen LogP contribution in [0.2, 0.25) is 0 Å². The van der Waals surface area contributed by atoms with Crippen LogP contribution in [0, 0.1) is 11.8 Å². The second-order valence-corrected chi connectivity index (χ2v) is 6.41. The summed E-state index contributed by atoms with van der Waals surface area (Å²) in [4.78, 5) is 2.75. The lowest BCUT2D eigenvalue weighted by molar-refractivity contribution is 0.186. The van der Waals surface area contributed by atoms with Crippen LogP contribution >= 0.6 is 0 Å². The molecule has 1 aliphatic heterocycles. The van der Waals surface area contributed by atoms with Crippen molar-refractivity contribution in [2.45, 2.75) is 64.8 Å². The molecular weight excluding hydrogens is 220 g/mol. The summed E-state index contributed by atoms with van der Waals surface area (Å²) < 4.78 is 0. The Bertz CT molecular complexity index is 227. The van der Waals surface area contributed by atoms with E-state index >= 15 is 0 Å². The molecule has 3 atom stereocenters. The Morgan fingerprint density at radius 3 is 2.72 bits per heavy atom. The molecule has 1 saturated carbocycles. The lowest BCUT2D eigenvalue weighted by atomic mass is 9.84. The topological polar surface area (TPSA) is 15.3 Å². The summed E-state index contributed by atoms with van der Waals surface area (Å²) in [6, 6.07) is 0.800. The molecule has 0 amide bonds. The van der Waals surface area contributed by atoms with Crippen molar-refractivity contribution in [3.63, 3.8) is 0 Å². The summed E-state index contributed by atoms with van der Waals surface area (Å²) in [6.07, 6.45) is 10.0. The molecule has 3 unspecified atom stereocenters. The smallest absolute Gasteiger partial charge is 0.0107 e. The van der Waals surface area contributed by atoms with Crippen molar-refractivity contribution < 1.29 is 0 Å². The Hall–Kier alpha value is -0.0800. The van der Waals surface area contributed by atoms with E-state index in [4.69, 9.17) is 0 Å². The third-order valence-electron chi connectivity index (χ3n) is 4.93. The van der Waals surface area contributed by atoms with Crippen molar-refractivity contribution in [3.8, 4) is 0 Å². The van der Waals surface area contributed by atoms with Gasteiger partial charge in [-0.3, -0.25) is 0 Å². The molecule has 0 bridgehead atoms. The Morgan fingerprint density at radius 1 is 1.11 bits per heavy atom. The summed E-state index contributed by atoms with van der Waals surface area (Å²) in [5.74, 6) is 1.91. The van der Waals surface area contributed by atoms with E-state index in [-0.39, 0.29) is 0 Å². The molecule has 2 aliphatic rings. The third-order valence-corrected chi connectivity index (χ3v) is 4.93. The monoisotopic (exact) mass is 252 g/mol. The van der Waals surface area contributed by atoms with Crippen molar-refractivity contribution in [2.75, 3.05) is 26.2 Å². The van der Waals surface area contributed by atoms with Crippen molar-refractivity contribution >= 4 is 0 Å². The number of likely N-dealkylation sites (tertiary alicyclic amines) is 1. The van der Waals surface area contributed by atoms with Gasteiger partial charge in [-0.15, -0.1) is 0 Å². The van der Waals surface area contributed by atoms with Gasteiger partial charge in [0.15, 0.2) is 0 Å². The van der Waals surface area contributed by atoms with E-state index in [2.05, 4.69) is 24.1 Å². The predicted octanol–water partition coefficient (Wildman–Crippen LogP) is 3.28. The van der Waals surface area contributed by atoms with Gasteiger partial charge in [-0.05, 0) is 50.6 Å². The van der Waals surface area contributed by atoms with Crippen LogP contribution < -0.4 is 5.32 Å². The van der Waals surface area contributed by atoms with Crippen molar-refractivity contribution in [2.24, 2.45) is 11.8 Å². The highest BCUT2D eigenvalue weighted by Crippen LogP contribution is 2.28. The minimum absolute atomic E-state index is 0.800. The molecule has 18 heavy (non-hydrogen) atoms. The van der Waals surface area contributed by atoms with Gasteiger partial charge in [0.05, 0.1) is 0 Å². The van der Waals surface area contributed by atoms with Gasteiger partial charge in [-0.25, -0.2) is 0 Å². The maximum atomic E-state index is 3.72. The van der Waals surface area contributed by atoms with Gasteiger partial charge in [-0.1, -0.05) is 33.1 Å². The average Bonchev–Trinajstić information content (AvgIpc) is 2.80. The van der Waals surface area contributed by atoms with Crippen LogP contribution in [0.3, 0.4) is 0 Å². The summed E-state index contributed by atoms with van der Waals surface area (Å²) in [5, 5.41) is 3.72. The summed E-state index contributed by atoms with van der Waals surface area (Å²) in [6.45, 7) is 9.81. The van der Waals surface area contributed by atoms with Gasteiger partial charge in [0, 0.05) is 19.1 Å². The van der Waals surface area contributed by atoms with Crippen LogP contribution in [0.1, 0.15) is 58.8 Å². The van der Waals surface area contributed by atoms with Crippen LogP contribution in [-0.4, -0.2) is 37.1 Å². The molecule has 2 rings (SSSR count). The van der Waals surface area contributed by atoms with E-state index in [1.807, 2.05) is 0 Å². The first-order chi connectivity index (χ1) is 8.83. The number of rotatable bonds is 6. The molecule has 0 aromatic heterocycles. The Morgan fingerprint density at radius 2 is 1.94 bits per heavy atom. The molecule has 0 aromatic rings. The fourth-order valence-corrected chi connectivity index (χ4v) is 4.01. The molecule has 0 radical (unpaired) electrons. The van der Waals surface area contributed by atoms with Crippen LogP contribution in [0.4, 0.5) is 0 Å². The molecule has 2 heteroatoms. The predicted molar refractivity (Wildman–Crippen MR) is 78.9 cm³/mol. The minimum Gasteiger partial charge on any atom is -0.314 e. The van der Waals surface area contributed by atoms with E-state index in [9.17, 15) is 0 Å². The molecular formula is C16H32N2. The lowest BCUT2D eigenvalue weighted by Crippen LogP contribution is -2.43. The molecule has 0 spiro atoms. The van der Waals surface area contributed by atoms with Gasteiger partial charge >= 0.3 is 0 Å². The normalized spacial score (nSPS) is 34.0. The zero-order valence-electron chi connectivity index (χ0n) is 12.5. The second kappa shape index (κ2) is 7.49. The molecule has 106 valence electrons. The van der Waals surface area contributed by atoms with E-state index in [0.717, 1.165) is 24.4 Å². The molecule has 1 aliphatic carbocycles. The zero-order chi connectivity index (χ0) is 12.8. The minimum atomic E-state index is 0.800. The van der Waals surface area contributed by atoms with Gasteiger partial charge in [0.2, 0.25) is 0 Å². The van der Waals surface area contributed by atoms with E-state index in [1.54, 1.807) is 0 Å². The maximum absolute atomic E-state index is 3.72. The summed E-state index contributed by atoms with van der Waals surface area (Å²) in [7, 11) is 0. The Balaban J connectivity index is 1.77. The molecule has 0 aromatic carbocycles. The van der Waals surface area contributed by atoms with Gasteiger partial charge < -0.3 is 10.2 Å². The van der Waals surface area contributed by atoms with E-state index in [1.165, 1.54) is 64.6 Å². The summed E-state index contributed by atoms with van der Waals surface area (Å²) >= 11 is 0. The van der Waals surface area contributed by atoms with Crippen molar-refractivity contribution in [1.82, 2.24) is 10.2 Å². The van der Waals surface area contributed by atoms with Crippen LogP contribution in [0.15, 0.2) is 0 Å². The standard InChI is InChI=1S/C16H32N2/c1-3-7-14-10-11-18(12-14)13-15-8-5-6-9-16(15)17-4-2/h14-17H,3-13H2,1-2H3. The second-order valence-electron chi connectivity index (χ2n) is 6.41. The SMILES string of the molecule is CCCC1CCN(CC2CCCCC2NCC)C1. The largest absolute Gasteiger partial charge is 0.314 e. The molecule has 2 nitrogen and oxygen atoms in total. The fourth-order valence-electron chi connectivity index (χ4n) is 4.01. The highest BCUT2D eigenvalue weighted by molar-refractivity contribution is 4.85. The van der Waals surface area contributed by atoms with Crippen molar-refractivity contribution in [3.05, 3.63) is 0 Å². The highest BCUT2D eigenvalue weighted by Gasteiger charge is 2.29. The van der Waals surface area contributed by atoms with Crippen molar-refractivity contribution in [1.29, 1.82) is 0 Å².